The number of methoxy groups -OCH3 is 1. The summed E-state index contributed by atoms with van der Waals surface area (Å²) in [6, 6.07) is -0.769. The number of pyridine rings is 1. The Hall–Kier alpha value is -1.68. The van der Waals surface area contributed by atoms with E-state index >= 15 is 0 Å². The maximum atomic E-state index is 13.2. The molecular formula is C14H13BrF3N3O3. The molecule has 6 nitrogen and oxygen atoms in total. The molecule has 1 N–H and O–H groups in total. The summed E-state index contributed by atoms with van der Waals surface area (Å²) in [5.74, 6) is -0.729. The predicted molar refractivity (Wildman–Crippen MR) is 80.5 cm³/mol. The summed E-state index contributed by atoms with van der Waals surface area (Å²) in [7, 11) is 0.946. The van der Waals surface area contributed by atoms with Gasteiger partial charge in [0.1, 0.15) is 5.54 Å². The molecule has 3 amide bonds. The highest BCUT2D eigenvalue weighted by Gasteiger charge is 2.74. The lowest BCUT2D eigenvalue weighted by molar-refractivity contribution is -0.309. The van der Waals surface area contributed by atoms with Gasteiger partial charge in [-0.2, -0.15) is 13.2 Å². The molecule has 2 fully saturated rings. The number of imide groups is 1. The van der Waals surface area contributed by atoms with E-state index in [1.165, 1.54) is 12.4 Å². The molecule has 24 heavy (non-hydrogen) atoms. The highest BCUT2D eigenvalue weighted by molar-refractivity contribution is 9.10. The monoisotopic (exact) mass is 407 g/mol. The number of carbonyl (C=O) groups excluding carboxylic acids is 2. The Morgan fingerprint density at radius 2 is 1.96 bits per heavy atom. The fraction of sp³-hybridized carbons (Fsp3) is 0.500. The molecule has 1 spiro atoms. The summed E-state index contributed by atoms with van der Waals surface area (Å²) in [5.41, 5.74) is -3.21. The largest absolute Gasteiger partial charge is 0.417 e. The number of alkyl halides is 3. The molecule has 1 aliphatic heterocycles. The van der Waals surface area contributed by atoms with Gasteiger partial charge < -0.3 is 10.1 Å². The Morgan fingerprint density at radius 3 is 2.50 bits per heavy atom. The average molecular weight is 408 g/mol. The molecule has 1 aromatic rings. The second kappa shape index (κ2) is 5.16. The van der Waals surface area contributed by atoms with Gasteiger partial charge in [0, 0.05) is 30.6 Å². The lowest BCUT2D eigenvalue weighted by Gasteiger charge is -2.51. The number of aromatic nitrogens is 1. The molecule has 0 atom stereocenters. The topological polar surface area (TPSA) is 71.5 Å². The molecule has 0 bridgehead atoms. The Morgan fingerprint density at radius 1 is 1.33 bits per heavy atom. The van der Waals surface area contributed by atoms with Crippen LogP contribution >= 0.6 is 15.9 Å². The second-order valence-electron chi connectivity index (χ2n) is 5.97. The zero-order valence-electron chi connectivity index (χ0n) is 12.7. The Bertz CT molecular complexity index is 732. The summed E-state index contributed by atoms with van der Waals surface area (Å²) < 4.78 is 44.7. The zero-order chi connectivity index (χ0) is 17.9. The number of hydrogen-bond acceptors (Lipinski definition) is 4. The van der Waals surface area contributed by atoms with Crippen LogP contribution in [-0.2, 0) is 9.53 Å². The van der Waals surface area contributed by atoms with Gasteiger partial charge in [0.25, 0.3) is 5.91 Å². The molecule has 2 heterocycles. The molecule has 0 aromatic carbocycles. The lowest BCUT2D eigenvalue weighted by Crippen LogP contribution is -2.71. The standard InChI is InChI=1S/C14H13BrF3N3O3/c1-7-8(15)3-19-4-9(7)21-10(22)12(20-11(21)23)5-13(6-12,24-2)14(16,17)18/h3-4H,5-6H2,1-2H3,(H,20,23). The number of hydrogen-bond donors (Lipinski definition) is 1. The normalized spacial score (nSPS) is 29.8. The molecule has 1 aromatic heterocycles. The number of amides is 3. The average Bonchev–Trinajstić information content (AvgIpc) is 2.70. The fourth-order valence-electron chi connectivity index (χ4n) is 3.18. The van der Waals surface area contributed by atoms with Crippen LogP contribution in [0.3, 0.4) is 0 Å². The maximum Gasteiger partial charge on any atom is 0.417 e. The molecule has 2 aliphatic rings. The first-order valence-corrected chi connectivity index (χ1v) is 7.75. The number of urea groups is 1. The van der Waals surface area contributed by atoms with E-state index < -0.39 is 42.1 Å². The van der Waals surface area contributed by atoms with Crippen LogP contribution in [0, 0.1) is 6.92 Å². The van der Waals surface area contributed by atoms with Crippen LogP contribution in [-0.4, -0.2) is 41.3 Å². The van der Waals surface area contributed by atoms with Crippen molar-refractivity contribution in [2.45, 2.75) is 37.1 Å². The Kier molecular flexibility index (Phi) is 3.69. The minimum absolute atomic E-state index is 0.227. The number of anilines is 1. The van der Waals surface area contributed by atoms with Gasteiger partial charge in [-0.15, -0.1) is 0 Å². The van der Waals surface area contributed by atoms with Crippen LogP contribution in [0.2, 0.25) is 0 Å². The Balaban J connectivity index is 1.93. The van der Waals surface area contributed by atoms with E-state index in [0.717, 1.165) is 12.0 Å². The van der Waals surface area contributed by atoms with Crippen LogP contribution in [0.5, 0.6) is 0 Å². The predicted octanol–water partition coefficient (Wildman–Crippen LogP) is 2.69. The van der Waals surface area contributed by atoms with E-state index in [-0.39, 0.29) is 5.69 Å². The van der Waals surface area contributed by atoms with E-state index in [9.17, 15) is 22.8 Å². The van der Waals surface area contributed by atoms with E-state index in [2.05, 4.69) is 31.0 Å². The first-order valence-electron chi connectivity index (χ1n) is 6.96. The number of carbonyl (C=O) groups is 2. The summed E-state index contributed by atoms with van der Waals surface area (Å²) in [5, 5.41) is 2.39. The van der Waals surface area contributed by atoms with E-state index in [0.29, 0.717) is 10.0 Å². The quantitative estimate of drug-likeness (QED) is 0.765. The van der Waals surface area contributed by atoms with Gasteiger partial charge in [-0.1, -0.05) is 0 Å². The first kappa shape index (κ1) is 17.2. The summed E-state index contributed by atoms with van der Waals surface area (Å²) >= 11 is 3.25. The number of nitrogens with one attached hydrogen (secondary N) is 1. The van der Waals surface area contributed by atoms with Gasteiger partial charge in [0.05, 0.1) is 11.9 Å². The van der Waals surface area contributed by atoms with Gasteiger partial charge in [-0.25, -0.2) is 9.69 Å². The molecule has 0 radical (unpaired) electrons. The molecule has 10 heteroatoms. The minimum atomic E-state index is -4.63. The first-order chi connectivity index (χ1) is 11.1. The maximum absolute atomic E-state index is 13.2. The van der Waals surface area contributed by atoms with Crippen molar-refractivity contribution in [3.63, 3.8) is 0 Å². The highest BCUT2D eigenvalue weighted by Crippen LogP contribution is 2.55. The minimum Gasteiger partial charge on any atom is -0.369 e. The van der Waals surface area contributed by atoms with Gasteiger partial charge in [0.15, 0.2) is 5.60 Å². The van der Waals surface area contributed by atoms with Crippen LogP contribution in [0.1, 0.15) is 18.4 Å². The van der Waals surface area contributed by atoms with Crippen molar-refractivity contribution in [1.29, 1.82) is 0 Å². The van der Waals surface area contributed by atoms with Gasteiger partial charge in [0.2, 0.25) is 0 Å². The van der Waals surface area contributed by atoms with Crippen LogP contribution in [0.25, 0.3) is 0 Å². The van der Waals surface area contributed by atoms with Crippen molar-refractivity contribution in [2.24, 2.45) is 0 Å². The fourth-order valence-corrected chi connectivity index (χ4v) is 3.50. The summed E-state index contributed by atoms with van der Waals surface area (Å²) in [6.07, 6.45) is -3.11. The van der Waals surface area contributed by atoms with Crippen molar-refractivity contribution in [1.82, 2.24) is 10.3 Å². The van der Waals surface area contributed by atoms with Crippen molar-refractivity contribution >= 4 is 33.6 Å². The van der Waals surface area contributed by atoms with Crippen molar-refractivity contribution in [2.75, 3.05) is 12.0 Å². The Labute approximate surface area is 143 Å². The number of ether oxygens (including phenoxy) is 1. The third-order valence-corrected chi connectivity index (χ3v) is 5.41. The third kappa shape index (κ3) is 2.16. The molecule has 1 aliphatic carbocycles. The zero-order valence-corrected chi connectivity index (χ0v) is 14.3. The molecule has 1 saturated heterocycles. The number of rotatable bonds is 2. The van der Waals surface area contributed by atoms with E-state index in [1.807, 2.05) is 0 Å². The molecule has 3 rings (SSSR count). The number of halogens is 4. The van der Waals surface area contributed by atoms with Crippen LogP contribution in [0.4, 0.5) is 23.7 Å². The molecule has 130 valence electrons. The van der Waals surface area contributed by atoms with Gasteiger partial charge >= 0.3 is 12.2 Å². The smallest absolute Gasteiger partial charge is 0.369 e. The number of nitrogens with zero attached hydrogens (tertiary/aromatic N) is 2. The molecule has 1 saturated carbocycles. The summed E-state index contributed by atoms with van der Waals surface area (Å²) in [4.78, 5) is 29.7. The highest BCUT2D eigenvalue weighted by atomic mass is 79.9. The van der Waals surface area contributed by atoms with Crippen molar-refractivity contribution in [3.05, 3.63) is 22.4 Å². The summed E-state index contributed by atoms with van der Waals surface area (Å²) in [6.45, 7) is 1.67. The molecule has 0 unspecified atom stereocenters. The lowest BCUT2D eigenvalue weighted by atomic mass is 9.64. The van der Waals surface area contributed by atoms with Gasteiger partial charge in [-0.3, -0.25) is 9.78 Å². The SMILES string of the molecule is COC1(C(F)(F)F)CC2(C1)NC(=O)N(c1cncc(Br)c1C)C2=O. The second-order valence-corrected chi connectivity index (χ2v) is 6.82. The van der Waals surface area contributed by atoms with Crippen molar-refractivity contribution < 1.29 is 27.5 Å². The van der Waals surface area contributed by atoms with Crippen LogP contribution in [0.15, 0.2) is 16.9 Å². The van der Waals surface area contributed by atoms with E-state index in [4.69, 9.17) is 0 Å². The van der Waals surface area contributed by atoms with Gasteiger partial charge in [-0.05, 0) is 28.4 Å². The molecular weight excluding hydrogens is 395 g/mol. The van der Waals surface area contributed by atoms with Crippen molar-refractivity contribution in [3.8, 4) is 0 Å². The van der Waals surface area contributed by atoms with E-state index in [1.54, 1.807) is 6.92 Å². The third-order valence-electron chi connectivity index (χ3n) is 4.61. The van der Waals surface area contributed by atoms with Crippen LogP contribution < -0.4 is 10.2 Å².